The van der Waals surface area contributed by atoms with Crippen molar-refractivity contribution in [2.45, 2.75) is 46.4 Å². The number of thioether (sulfide) groups is 1. The molecule has 0 N–H and O–H groups in total. The Hall–Kier alpha value is -2.51. The second-order valence-corrected chi connectivity index (χ2v) is 9.25. The molecule has 0 unspecified atom stereocenters. The molecule has 0 aliphatic carbocycles. The van der Waals surface area contributed by atoms with Gasteiger partial charge in [0, 0.05) is 12.1 Å². The number of hydrogen-bond acceptors (Lipinski definition) is 5. The SMILES string of the molecule is COc1cc(/C=C2/SC(=NC(C)C)N(C(C)C)C2=O)cc(Cl)c1OCc1cccc(F)c1. The maximum absolute atomic E-state index is 13.4. The largest absolute Gasteiger partial charge is 0.493 e. The number of aliphatic imine (C=N–C) groups is 1. The zero-order valence-electron chi connectivity index (χ0n) is 18.7. The van der Waals surface area contributed by atoms with Gasteiger partial charge in [0.2, 0.25) is 0 Å². The van der Waals surface area contributed by atoms with Crippen molar-refractivity contribution in [2.24, 2.45) is 4.99 Å². The van der Waals surface area contributed by atoms with E-state index in [2.05, 4.69) is 4.99 Å². The van der Waals surface area contributed by atoms with Gasteiger partial charge in [0.15, 0.2) is 16.7 Å². The van der Waals surface area contributed by atoms with Gasteiger partial charge in [0.25, 0.3) is 5.91 Å². The van der Waals surface area contributed by atoms with Crippen LogP contribution in [0.4, 0.5) is 4.39 Å². The molecule has 0 radical (unpaired) electrons. The van der Waals surface area contributed by atoms with E-state index in [1.165, 1.54) is 31.0 Å². The number of methoxy groups -OCH3 is 1. The van der Waals surface area contributed by atoms with Crippen molar-refractivity contribution in [3.8, 4) is 11.5 Å². The van der Waals surface area contributed by atoms with Gasteiger partial charge in [-0.05, 0) is 80.9 Å². The zero-order chi connectivity index (χ0) is 23.4. The predicted octanol–water partition coefficient (Wildman–Crippen LogP) is 6.16. The molecule has 170 valence electrons. The number of amidine groups is 1. The molecule has 1 aliphatic heterocycles. The minimum absolute atomic E-state index is 0.00452. The first-order valence-corrected chi connectivity index (χ1v) is 11.4. The van der Waals surface area contributed by atoms with Gasteiger partial charge in [-0.3, -0.25) is 14.7 Å². The van der Waals surface area contributed by atoms with Gasteiger partial charge < -0.3 is 9.47 Å². The second kappa shape index (κ2) is 10.4. The summed E-state index contributed by atoms with van der Waals surface area (Å²) in [6, 6.07) is 9.70. The summed E-state index contributed by atoms with van der Waals surface area (Å²) >= 11 is 7.82. The highest BCUT2D eigenvalue weighted by atomic mass is 35.5. The molecule has 0 saturated carbocycles. The molecule has 3 rings (SSSR count). The fourth-order valence-electron chi connectivity index (χ4n) is 3.15. The second-order valence-electron chi connectivity index (χ2n) is 7.84. The number of rotatable bonds is 7. The molecule has 8 heteroatoms. The van der Waals surface area contributed by atoms with Crippen LogP contribution in [0.5, 0.6) is 11.5 Å². The minimum atomic E-state index is -0.333. The maximum Gasteiger partial charge on any atom is 0.266 e. The summed E-state index contributed by atoms with van der Waals surface area (Å²) in [4.78, 5) is 19.8. The smallest absolute Gasteiger partial charge is 0.266 e. The van der Waals surface area contributed by atoms with Gasteiger partial charge in [-0.25, -0.2) is 4.39 Å². The number of benzene rings is 2. The molecule has 2 aromatic rings. The van der Waals surface area contributed by atoms with Gasteiger partial charge >= 0.3 is 0 Å². The average Bonchev–Trinajstić information content (AvgIpc) is 3.01. The van der Waals surface area contributed by atoms with Crippen LogP contribution >= 0.6 is 23.4 Å². The highest BCUT2D eigenvalue weighted by Gasteiger charge is 2.35. The lowest BCUT2D eigenvalue weighted by Crippen LogP contribution is -2.35. The summed E-state index contributed by atoms with van der Waals surface area (Å²) in [5, 5.41) is 1.03. The molecule has 1 heterocycles. The lowest BCUT2D eigenvalue weighted by molar-refractivity contribution is -0.123. The average molecular weight is 477 g/mol. The summed E-state index contributed by atoms with van der Waals surface area (Å²) in [6.07, 6.45) is 1.77. The zero-order valence-corrected chi connectivity index (χ0v) is 20.3. The van der Waals surface area contributed by atoms with Crippen molar-refractivity contribution in [1.82, 2.24) is 4.90 Å². The van der Waals surface area contributed by atoms with E-state index in [1.54, 1.807) is 35.2 Å². The molecule has 0 spiro atoms. The van der Waals surface area contributed by atoms with Crippen LogP contribution < -0.4 is 9.47 Å². The third-order valence-electron chi connectivity index (χ3n) is 4.54. The number of hydrogen-bond donors (Lipinski definition) is 0. The van der Waals surface area contributed by atoms with E-state index < -0.39 is 0 Å². The van der Waals surface area contributed by atoms with Gasteiger partial charge in [0.1, 0.15) is 12.4 Å². The molecule has 0 bridgehead atoms. The van der Waals surface area contributed by atoms with E-state index in [1.807, 2.05) is 27.7 Å². The van der Waals surface area contributed by atoms with Crippen LogP contribution in [0.25, 0.3) is 6.08 Å². The number of carbonyl (C=O) groups is 1. The molecule has 0 atom stereocenters. The first-order valence-electron chi connectivity index (χ1n) is 10.2. The first-order chi connectivity index (χ1) is 15.2. The van der Waals surface area contributed by atoms with Gasteiger partial charge in [0.05, 0.1) is 17.0 Å². The monoisotopic (exact) mass is 476 g/mol. The Morgan fingerprint density at radius 3 is 2.59 bits per heavy atom. The van der Waals surface area contributed by atoms with Gasteiger partial charge in [-0.15, -0.1) is 0 Å². The molecule has 1 amide bonds. The van der Waals surface area contributed by atoms with E-state index >= 15 is 0 Å². The first kappa shape index (κ1) is 24.1. The van der Waals surface area contributed by atoms with Crippen LogP contribution in [0, 0.1) is 5.82 Å². The molecule has 1 fully saturated rings. The fourth-order valence-corrected chi connectivity index (χ4v) is 4.66. The molecule has 5 nitrogen and oxygen atoms in total. The maximum atomic E-state index is 13.4. The van der Waals surface area contributed by atoms with Crippen LogP contribution in [0.15, 0.2) is 46.3 Å². The number of ether oxygens (including phenoxy) is 2. The predicted molar refractivity (Wildman–Crippen MR) is 129 cm³/mol. The topological polar surface area (TPSA) is 51.1 Å². The number of halogens is 2. The van der Waals surface area contributed by atoms with E-state index in [0.29, 0.717) is 37.7 Å². The lowest BCUT2D eigenvalue weighted by atomic mass is 10.1. The normalized spacial score (nSPS) is 16.7. The third kappa shape index (κ3) is 5.64. The van der Waals surface area contributed by atoms with Crippen LogP contribution in [0.3, 0.4) is 0 Å². The van der Waals surface area contributed by atoms with Crippen LogP contribution in [0.2, 0.25) is 5.02 Å². The van der Waals surface area contributed by atoms with Gasteiger partial charge in [-0.1, -0.05) is 23.7 Å². The summed E-state index contributed by atoms with van der Waals surface area (Å²) in [5.41, 5.74) is 1.38. The number of nitrogens with zero attached hydrogens (tertiary/aromatic N) is 2. The van der Waals surface area contributed by atoms with Crippen molar-refractivity contribution in [1.29, 1.82) is 0 Å². The number of carbonyl (C=O) groups excluding carboxylic acids is 1. The van der Waals surface area contributed by atoms with E-state index in [0.717, 1.165) is 0 Å². The highest BCUT2D eigenvalue weighted by molar-refractivity contribution is 8.18. The van der Waals surface area contributed by atoms with Crippen LogP contribution in [0.1, 0.15) is 38.8 Å². The van der Waals surface area contributed by atoms with Crippen molar-refractivity contribution in [3.63, 3.8) is 0 Å². The van der Waals surface area contributed by atoms with E-state index in [9.17, 15) is 9.18 Å². The van der Waals surface area contributed by atoms with E-state index in [4.69, 9.17) is 21.1 Å². The Balaban J connectivity index is 1.88. The quantitative estimate of drug-likeness (QED) is 0.449. The molecular formula is C24H26ClFN2O3S. The summed E-state index contributed by atoms with van der Waals surface area (Å²) in [5.74, 6) is 0.358. The summed E-state index contributed by atoms with van der Waals surface area (Å²) < 4.78 is 24.7. The summed E-state index contributed by atoms with van der Waals surface area (Å²) in [7, 11) is 1.51. The fraction of sp³-hybridized carbons (Fsp3) is 0.333. The summed E-state index contributed by atoms with van der Waals surface area (Å²) in [6.45, 7) is 8.02. The standard InChI is InChI=1S/C24H26ClFN2O3S/c1-14(2)27-24-28(15(3)4)23(29)21(32-24)12-17-10-19(25)22(20(11-17)30-5)31-13-16-7-6-8-18(26)9-16/h6-12,14-15H,13H2,1-5H3/b21-12+,27-24?. The Morgan fingerprint density at radius 1 is 1.22 bits per heavy atom. The molecule has 2 aromatic carbocycles. The highest BCUT2D eigenvalue weighted by Crippen LogP contribution is 2.39. The van der Waals surface area contributed by atoms with Crippen molar-refractivity contribution >= 4 is 40.5 Å². The number of amides is 1. The van der Waals surface area contributed by atoms with Crippen molar-refractivity contribution < 1.29 is 18.7 Å². The Morgan fingerprint density at radius 2 is 1.97 bits per heavy atom. The molecule has 0 aromatic heterocycles. The lowest BCUT2D eigenvalue weighted by Gasteiger charge is -2.20. The molecule has 32 heavy (non-hydrogen) atoms. The Labute approximate surface area is 197 Å². The molecule has 1 saturated heterocycles. The molecular weight excluding hydrogens is 451 g/mol. The Kier molecular flexibility index (Phi) is 7.85. The third-order valence-corrected chi connectivity index (χ3v) is 5.82. The van der Waals surface area contributed by atoms with E-state index in [-0.39, 0.29) is 30.4 Å². The van der Waals surface area contributed by atoms with Crippen LogP contribution in [-0.2, 0) is 11.4 Å². The molecule has 1 aliphatic rings. The van der Waals surface area contributed by atoms with Gasteiger partial charge in [-0.2, -0.15) is 0 Å². The van der Waals surface area contributed by atoms with Crippen molar-refractivity contribution in [3.05, 3.63) is 63.3 Å². The minimum Gasteiger partial charge on any atom is -0.493 e. The van der Waals surface area contributed by atoms with Crippen LogP contribution in [-0.4, -0.2) is 35.2 Å². The Bertz CT molecular complexity index is 1070. The van der Waals surface area contributed by atoms with Crippen molar-refractivity contribution in [2.75, 3.05) is 7.11 Å².